The van der Waals surface area contributed by atoms with Crippen LogP contribution in [0.2, 0.25) is 0 Å². The van der Waals surface area contributed by atoms with Crippen molar-refractivity contribution >= 4 is 5.91 Å². The number of carbonyl (C=O) groups excluding carboxylic acids is 1. The SMILES string of the molecule is COc1cccc(COc2cn(C)c(C(=O)N[C@@H](C)c3ccccc3)cc2=O)c1. The van der Waals surface area contributed by atoms with Gasteiger partial charge in [-0.3, -0.25) is 9.59 Å². The van der Waals surface area contributed by atoms with E-state index >= 15 is 0 Å². The molecule has 0 saturated carbocycles. The molecule has 1 atom stereocenters. The molecule has 0 radical (unpaired) electrons. The predicted molar refractivity (Wildman–Crippen MR) is 111 cm³/mol. The van der Waals surface area contributed by atoms with E-state index in [1.54, 1.807) is 18.7 Å². The number of ether oxygens (including phenoxy) is 2. The topological polar surface area (TPSA) is 69.6 Å². The van der Waals surface area contributed by atoms with E-state index in [9.17, 15) is 9.59 Å². The minimum atomic E-state index is -0.344. The summed E-state index contributed by atoms with van der Waals surface area (Å²) in [4.78, 5) is 25.1. The Morgan fingerprint density at radius 3 is 2.59 bits per heavy atom. The Hall–Kier alpha value is -3.54. The molecule has 6 nitrogen and oxygen atoms in total. The minimum absolute atomic E-state index is 0.178. The largest absolute Gasteiger partial charge is 0.497 e. The number of amides is 1. The average Bonchev–Trinajstić information content (AvgIpc) is 2.74. The van der Waals surface area contributed by atoms with Gasteiger partial charge in [-0.05, 0) is 30.2 Å². The molecule has 1 amide bonds. The standard InChI is InChI=1S/C23H24N2O4/c1-16(18-9-5-4-6-10-18)24-23(27)20-13-21(26)22(14-25(20)2)29-15-17-8-7-11-19(12-17)28-3/h4-14,16H,15H2,1-3H3,(H,24,27)/t16-/m0/s1. The van der Waals surface area contributed by atoms with Crippen molar-refractivity contribution in [1.29, 1.82) is 0 Å². The number of methoxy groups -OCH3 is 1. The number of rotatable bonds is 7. The van der Waals surface area contributed by atoms with E-state index in [2.05, 4.69) is 5.32 Å². The Morgan fingerprint density at radius 2 is 1.86 bits per heavy atom. The summed E-state index contributed by atoms with van der Waals surface area (Å²) >= 11 is 0. The summed E-state index contributed by atoms with van der Waals surface area (Å²) in [7, 11) is 3.30. The molecule has 6 heteroatoms. The van der Waals surface area contributed by atoms with Gasteiger partial charge in [0.15, 0.2) is 5.75 Å². The fraction of sp³-hybridized carbons (Fsp3) is 0.217. The van der Waals surface area contributed by atoms with Crippen molar-refractivity contribution in [3.05, 3.63) is 93.9 Å². The second kappa shape index (κ2) is 9.10. The zero-order chi connectivity index (χ0) is 20.8. The van der Waals surface area contributed by atoms with Gasteiger partial charge in [0.1, 0.15) is 18.1 Å². The van der Waals surface area contributed by atoms with Gasteiger partial charge in [-0.2, -0.15) is 0 Å². The molecule has 2 aromatic carbocycles. The van der Waals surface area contributed by atoms with E-state index in [-0.39, 0.29) is 35.4 Å². The van der Waals surface area contributed by atoms with Crippen molar-refractivity contribution < 1.29 is 14.3 Å². The van der Waals surface area contributed by atoms with Crippen molar-refractivity contribution in [1.82, 2.24) is 9.88 Å². The zero-order valence-electron chi connectivity index (χ0n) is 16.7. The third-order valence-electron chi connectivity index (χ3n) is 4.61. The number of hydrogen-bond acceptors (Lipinski definition) is 4. The summed E-state index contributed by atoms with van der Waals surface area (Å²) in [5.41, 5.74) is 1.80. The molecule has 0 aliphatic heterocycles. The maximum absolute atomic E-state index is 12.6. The molecule has 1 aromatic heterocycles. The van der Waals surface area contributed by atoms with E-state index < -0.39 is 0 Å². The van der Waals surface area contributed by atoms with Crippen LogP contribution in [0, 0.1) is 0 Å². The Morgan fingerprint density at radius 1 is 1.10 bits per heavy atom. The summed E-state index contributed by atoms with van der Waals surface area (Å²) < 4.78 is 12.4. The molecule has 0 saturated heterocycles. The molecule has 0 spiro atoms. The fourth-order valence-electron chi connectivity index (χ4n) is 2.96. The van der Waals surface area contributed by atoms with Crippen LogP contribution in [0.5, 0.6) is 11.5 Å². The molecule has 1 N–H and O–H groups in total. The number of pyridine rings is 1. The average molecular weight is 392 g/mol. The highest BCUT2D eigenvalue weighted by Gasteiger charge is 2.16. The van der Waals surface area contributed by atoms with Gasteiger partial charge in [0.25, 0.3) is 5.91 Å². The van der Waals surface area contributed by atoms with Gasteiger partial charge in [0, 0.05) is 13.1 Å². The smallest absolute Gasteiger partial charge is 0.268 e. The number of nitrogens with one attached hydrogen (secondary N) is 1. The first kappa shape index (κ1) is 20.2. The second-order valence-electron chi connectivity index (χ2n) is 6.74. The Kier molecular flexibility index (Phi) is 6.34. The lowest BCUT2D eigenvalue weighted by Gasteiger charge is -2.16. The summed E-state index contributed by atoms with van der Waals surface area (Å²) in [6, 6.07) is 18.2. The highest BCUT2D eigenvalue weighted by atomic mass is 16.5. The van der Waals surface area contributed by atoms with Gasteiger partial charge in [0.05, 0.1) is 19.3 Å². The maximum atomic E-state index is 12.6. The molecule has 0 bridgehead atoms. The van der Waals surface area contributed by atoms with Crippen LogP contribution < -0.4 is 20.2 Å². The molecule has 150 valence electrons. The highest BCUT2D eigenvalue weighted by Crippen LogP contribution is 2.16. The lowest BCUT2D eigenvalue weighted by Crippen LogP contribution is -2.30. The second-order valence-corrected chi connectivity index (χ2v) is 6.74. The van der Waals surface area contributed by atoms with Crippen LogP contribution in [-0.4, -0.2) is 17.6 Å². The monoisotopic (exact) mass is 392 g/mol. The van der Waals surface area contributed by atoms with Crippen LogP contribution >= 0.6 is 0 Å². The van der Waals surface area contributed by atoms with E-state index in [0.717, 1.165) is 16.9 Å². The van der Waals surface area contributed by atoms with Gasteiger partial charge in [0.2, 0.25) is 5.43 Å². The van der Waals surface area contributed by atoms with E-state index in [0.29, 0.717) is 0 Å². The summed E-state index contributed by atoms with van der Waals surface area (Å²) in [6.07, 6.45) is 1.53. The molecular weight excluding hydrogens is 368 g/mol. The van der Waals surface area contributed by atoms with Crippen molar-refractivity contribution in [2.24, 2.45) is 7.05 Å². The lowest BCUT2D eigenvalue weighted by molar-refractivity contribution is 0.0930. The van der Waals surface area contributed by atoms with Gasteiger partial charge >= 0.3 is 0 Å². The van der Waals surface area contributed by atoms with Crippen molar-refractivity contribution in [2.45, 2.75) is 19.6 Å². The van der Waals surface area contributed by atoms with Crippen molar-refractivity contribution in [3.63, 3.8) is 0 Å². The molecule has 0 aliphatic rings. The Balaban J connectivity index is 1.71. The number of benzene rings is 2. The lowest BCUT2D eigenvalue weighted by atomic mass is 10.1. The first-order valence-corrected chi connectivity index (χ1v) is 9.30. The normalized spacial score (nSPS) is 11.6. The molecule has 1 heterocycles. The molecule has 0 aliphatic carbocycles. The van der Waals surface area contributed by atoms with Gasteiger partial charge in [-0.1, -0.05) is 42.5 Å². The van der Waals surface area contributed by atoms with Crippen molar-refractivity contribution in [3.8, 4) is 11.5 Å². The number of hydrogen-bond donors (Lipinski definition) is 1. The molecule has 29 heavy (non-hydrogen) atoms. The first-order chi connectivity index (χ1) is 14.0. The van der Waals surface area contributed by atoms with Crippen LogP contribution in [0.4, 0.5) is 0 Å². The Labute approximate surface area is 169 Å². The molecule has 3 aromatic rings. The molecule has 0 fully saturated rings. The minimum Gasteiger partial charge on any atom is -0.497 e. The molecule has 3 rings (SSSR count). The van der Waals surface area contributed by atoms with Crippen LogP contribution in [-0.2, 0) is 13.7 Å². The highest BCUT2D eigenvalue weighted by molar-refractivity contribution is 5.92. The maximum Gasteiger partial charge on any atom is 0.268 e. The Bertz CT molecular complexity index is 1040. The summed E-state index contributed by atoms with van der Waals surface area (Å²) in [6.45, 7) is 2.12. The first-order valence-electron chi connectivity index (χ1n) is 9.30. The quantitative estimate of drug-likeness (QED) is 0.669. The van der Waals surface area contributed by atoms with E-state index in [4.69, 9.17) is 9.47 Å². The van der Waals surface area contributed by atoms with Crippen LogP contribution in [0.1, 0.15) is 34.6 Å². The number of aromatic nitrogens is 1. The third kappa shape index (κ3) is 5.04. The fourth-order valence-corrected chi connectivity index (χ4v) is 2.96. The summed E-state index contributed by atoms with van der Waals surface area (Å²) in [5, 5.41) is 2.92. The zero-order valence-corrected chi connectivity index (χ0v) is 16.7. The van der Waals surface area contributed by atoms with Gasteiger partial charge in [-0.25, -0.2) is 0 Å². The van der Waals surface area contributed by atoms with E-state index in [1.807, 2.05) is 61.5 Å². The van der Waals surface area contributed by atoms with E-state index in [1.165, 1.54) is 12.3 Å². The van der Waals surface area contributed by atoms with Gasteiger partial charge < -0.3 is 19.4 Å². The van der Waals surface area contributed by atoms with Crippen LogP contribution in [0.25, 0.3) is 0 Å². The summed E-state index contributed by atoms with van der Waals surface area (Å²) in [5.74, 6) is 0.585. The number of nitrogens with zero attached hydrogens (tertiary/aromatic N) is 1. The van der Waals surface area contributed by atoms with Crippen LogP contribution in [0.15, 0.2) is 71.7 Å². The number of aryl methyl sites for hydroxylation is 1. The van der Waals surface area contributed by atoms with Crippen LogP contribution in [0.3, 0.4) is 0 Å². The predicted octanol–water partition coefficient (Wildman–Crippen LogP) is 3.46. The number of carbonyl (C=O) groups is 1. The molecule has 0 unspecified atom stereocenters. The third-order valence-corrected chi connectivity index (χ3v) is 4.61. The molecular formula is C23H24N2O4. The van der Waals surface area contributed by atoms with Gasteiger partial charge in [-0.15, -0.1) is 0 Å². The van der Waals surface area contributed by atoms with Crippen molar-refractivity contribution in [2.75, 3.05) is 7.11 Å².